The zero-order valence-corrected chi connectivity index (χ0v) is 10.2. The Labute approximate surface area is 111 Å². The number of alkyl halides is 3. The molecule has 1 aliphatic heterocycles. The SMILES string of the molecule is O=[N+]([O-])c1ccc(C(F)(F)F)nc1OC1CCOCC1. The van der Waals surface area contributed by atoms with Crippen molar-refractivity contribution in [2.24, 2.45) is 0 Å². The zero-order valence-electron chi connectivity index (χ0n) is 10.2. The predicted molar refractivity (Wildman–Crippen MR) is 60.4 cm³/mol. The molecule has 0 N–H and O–H groups in total. The summed E-state index contributed by atoms with van der Waals surface area (Å²) in [6.07, 6.45) is -4.20. The van der Waals surface area contributed by atoms with Gasteiger partial charge in [0.1, 0.15) is 11.8 Å². The maximum Gasteiger partial charge on any atom is 0.433 e. The van der Waals surface area contributed by atoms with E-state index in [0.717, 1.165) is 6.07 Å². The lowest BCUT2D eigenvalue weighted by molar-refractivity contribution is -0.386. The Kier molecular flexibility index (Phi) is 4.07. The molecule has 0 atom stereocenters. The molecule has 2 heterocycles. The van der Waals surface area contributed by atoms with Gasteiger partial charge in [0.15, 0.2) is 0 Å². The lowest BCUT2D eigenvalue weighted by Gasteiger charge is -2.22. The van der Waals surface area contributed by atoms with Crippen LogP contribution < -0.4 is 4.74 Å². The van der Waals surface area contributed by atoms with Crippen molar-refractivity contribution < 1.29 is 27.6 Å². The average Bonchev–Trinajstić information content (AvgIpc) is 2.38. The molecule has 0 spiro atoms. The highest BCUT2D eigenvalue weighted by Gasteiger charge is 2.35. The molecular weight excluding hydrogens is 281 g/mol. The highest BCUT2D eigenvalue weighted by molar-refractivity contribution is 5.42. The molecule has 0 aromatic carbocycles. The summed E-state index contributed by atoms with van der Waals surface area (Å²) in [5.41, 5.74) is -1.80. The quantitative estimate of drug-likeness (QED) is 0.632. The minimum atomic E-state index is -4.68. The third-order valence-electron chi connectivity index (χ3n) is 2.77. The number of halogens is 3. The summed E-state index contributed by atoms with van der Waals surface area (Å²) < 4.78 is 48.0. The molecule has 0 radical (unpaired) electrons. The van der Waals surface area contributed by atoms with Gasteiger partial charge in [0.05, 0.1) is 18.1 Å². The van der Waals surface area contributed by atoms with Crippen LogP contribution in [0.25, 0.3) is 0 Å². The molecule has 1 aliphatic rings. The highest BCUT2D eigenvalue weighted by atomic mass is 19.4. The summed E-state index contributed by atoms with van der Waals surface area (Å²) in [6, 6.07) is 1.32. The topological polar surface area (TPSA) is 74.5 Å². The maximum atomic E-state index is 12.6. The first-order valence-corrected chi connectivity index (χ1v) is 5.85. The minimum absolute atomic E-state index is 0.400. The molecule has 0 saturated carbocycles. The third kappa shape index (κ3) is 3.35. The molecule has 0 unspecified atom stereocenters. The maximum absolute atomic E-state index is 12.6. The summed E-state index contributed by atoms with van der Waals surface area (Å²) in [4.78, 5) is 13.2. The van der Waals surface area contributed by atoms with Crippen molar-refractivity contribution in [1.29, 1.82) is 0 Å². The van der Waals surface area contributed by atoms with Crippen molar-refractivity contribution in [2.45, 2.75) is 25.1 Å². The summed E-state index contributed by atoms with van der Waals surface area (Å²) in [6.45, 7) is 0.800. The van der Waals surface area contributed by atoms with Crippen LogP contribution >= 0.6 is 0 Å². The van der Waals surface area contributed by atoms with Gasteiger partial charge in [-0.05, 0) is 6.07 Å². The normalized spacial score (nSPS) is 16.9. The van der Waals surface area contributed by atoms with Gasteiger partial charge in [0, 0.05) is 18.9 Å². The van der Waals surface area contributed by atoms with Crippen molar-refractivity contribution in [3.05, 3.63) is 27.9 Å². The first-order chi connectivity index (χ1) is 9.38. The van der Waals surface area contributed by atoms with E-state index in [2.05, 4.69) is 4.98 Å². The fraction of sp³-hybridized carbons (Fsp3) is 0.545. The molecule has 0 aliphatic carbocycles. The second kappa shape index (κ2) is 5.61. The van der Waals surface area contributed by atoms with Crippen molar-refractivity contribution in [3.8, 4) is 5.88 Å². The third-order valence-corrected chi connectivity index (χ3v) is 2.77. The number of pyridine rings is 1. The van der Waals surface area contributed by atoms with Crippen LogP contribution in [0.1, 0.15) is 18.5 Å². The molecule has 0 bridgehead atoms. The lowest BCUT2D eigenvalue weighted by Crippen LogP contribution is -2.26. The van der Waals surface area contributed by atoms with Crippen molar-refractivity contribution >= 4 is 5.69 Å². The Morgan fingerprint density at radius 2 is 2.00 bits per heavy atom. The largest absolute Gasteiger partial charge is 0.469 e. The van der Waals surface area contributed by atoms with Crippen molar-refractivity contribution in [3.63, 3.8) is 0 Å². The van der Waals surface area contributed by atoms with Gasteiger partial charge in [-0.15, -0.1) is 0 Å². The van der Waals surface area contributed by atoms with E-state index in [-0.39, 0.29) is 0 Å². The molecule has 20 heavy (non-hydrogen) atoms. The van der Waals surface area contributed by atoms with Gasteiger partial charge < -0.3 is 9.47 Å². The van der Waals surface area contributed by atoms with Gasteiger partial charge >= 0.3 is 11.9 Å². The summed E-state index contributed by atoms with van der Waals surface area (Å²) in [7, 11) is 0. The van der Waals surface area contributed by atoms with Gasteiger partial charge in [-0.2, -0.15) is 13.2 Å². The number of hydrogen-bond acceptors (Lipinski definition) is 5. The van der Waals surface area contributed by atoms with Crippen LogP contribution in [0, 0.1) is 10.1 Å². The van der Waals surface area contributed by atoms with Crippen molar-refractivity contribution in [1.82, 2.24) is 4.98 Å². The standard InChI is InChI=1S/C11H11F3N2O4/c12-11(13,14)9-2-1-8(16(17)18)10(15-9)20-7-3-5-19-6-4-7/h1-2,7H,3-6H2. The van der Waals surface area contributed by atoms with E-state index in [1.54, 1.807) is 0 Å². The van der Waals surface area contributed by atoms with Gasteiger partial charge in [0.2, 0.25) is 0 Å². The average molecular weight is 292 g/mol. The highest BCUT2D eigenvalue weighted by Crippen LogP contribution is 2.33. The van der Waals surface area contributed by atoms with E-state index in [9.17, 15) is 23.3 Å². The van der Waals surface area contributed by atoms with Crippen LogP contribution in [0.15, 0.2) is 12.1 Å². The van der Waals surface area contributed by atoms with Gasteiger partial charge in [-0.25, -0.2) is 4.98 Å². The smallest absolute Gasteiger partial charge is 0.433 e. The first kappa shape index (κ1) is 14.5. The van der Waals surface area contributed by atoms with Crippen LogP contribution in [0.2, 0.25) is 0 Å². The Bertz CT molecular complexity index is 501. The lowest BCUT2D eigenvalue weighted by atomic mass is 10.1. The second-order valence-electron chi connectivity index (χ2n) is 4.21. The van der Waals surface area contributed by atoms with E-state index in [0.29, 0.717) is 32.1 Å². The number of nitro groups is 1. The van der Waals surface area contributed by atoms with Gasteiger partial charge in [-0.3, -0.25) is 10.1 Å². The van der Waals surface area contributed by atoms with Crippen LogP contribution in [-0.2, 0) is 10.9 Å². The summed E-state index contributed by atoms with van der Waals surface area (Å²) >= 11 is 0. The Hall–Kier alpha value is -1.90. The Balaban J connectivity index is 2.29. The van der Waals surface area contributed by atoms with E-state index >= 15 is 0 Å². The van der Waals surface area contributed by atoms with Crippen LogP contribution in [-0.4, -0.2) is 29.2 Å². The minimum Gasteiger partial charge on any atom is -0.469 e. The van der Waals surface area contributed by atoms with E-state index in [1.165, 1.54) is 0 Å². The molecular formula is C11H11F3N2O4. The molecule has 1 fully saturated rings. The molecule has 1 saturated heterocycles. The number of hydrogen-bond donors (Lipinski definition) is 0. The predicted octanol–water partition coefficient (Wildman–Crippen LogP) is 2.57. The summed E-state index contributed by atoms with van der Waals surface area (Å²) in [5.74, 6) is -0.600. The van der Waals surface area contributed by atoms with Crippen LogP contribution in [0.3, 0.4) is 0 Å². The molecule has 9 heteroatoms. The Morgan fingerprint density at radius 1 is 1.35 bits per heavy atom. The molecule has 110 valence electrons. The van der Waals surface area contributed by atoms with E-state index < -0.39 is 34.5 Å². The second-order valence-corrected chi connectivity index (χ2v) is 4.21. The van der Waals surface area contributed by atoms with E-state index in [4.69, 9.17) is 9.47 Å². The van der Waals surface area contributed by atoms with Crippen LogP contribution in [0.5, 0.6) is 5.88 Å². The van der Waals surface area contributed by atoms with Gasteiger partial charge in [-0.1, -0.05) is 0 Å². The van der Waals surface area contributed by atoms with Gasteiger partial charge in [0.25, 0.3) is 5.88 Å². The molecule has 2 rings (SSSR count). The summed E-state index contributed by atoms with van der Waals surface area (Å²) in [5, 5.41) is 10.8. The molecule has 6 nitrogen and oxygen atoms in total. The number of aromatic nitrogens is 1. The van der Waals surface area contributed by atoms with Crippen LogP contribution in [0.4, 0.5) is 18.9 Å². The fourth-order valence-electron chi connectivity index (χ4n) is 1.77. The molecule has 1 aromatic heterocycles. The number of rotatable bonds is 3. The first-order valence-electron chi connectivity index (χ1n) is 5.85. The monoisotopic (exact) mass is 292 g/mol. The molecule has 1 aromatic rings. The van der Waals surface area contributed by atoms with Crippen molar-refractivity contribution in [2.75, 3.05) is 13.2 Å². The molecule has 0 amide bonds. The fourth-order valence-corrected chi connectivity index (χ4v) is 1.77. The number of ether oxygens (including phenoxy) is 2. The van der Waals surface area contributed by atoms with E-state index in [1.807, 2.05) is 0 Å². The zero-order chi connectivity index (χ0) is 14.8. The number of nitrogens with zero attached hydrogens (tertiary/aromatic N) is 2. The Morgan fingerprint density at radius 3 is 2.55 bits per heavy atom.